The number of ether oxygens (including phenoxy) is 1. The summed E-state index contributed by atoms with van der Waals surface area (Å²) in [5.74, 6) is 0.248. The van der Waals surface area contributed by atoms with Gasteiger partial charge in [0, 0.05) is 6.92 Å². The van der Waals surface area contributed by atoms with Gasteiger partial charge in [-0.25, -0.2) is 0 Å². The molecule has 0 unspecified atom stereocenters. The Balaban J connectivity index is 0. The van der Waals surface area contributed by atoms with Gasteiger partial charge >= 0.3 is 5.97 Å². The summed E-state index contributed by atoms with van der Waals surface area (Å²) in [6, 6.07) is 0. The predicted octanol–water partition coefficient (Wildman–Crippen LogP) is 3.19. The average Bonchev–Trinajstić information content (AvgIpc) is 1.82. The standard InChI is InChI=1S/C6H12O2.CHCl3/c1-5(2)4-8-6(3)7;2-1(3)4/h5H,4H2,1-3H3;1H. The van der Waals surface area contributed by atoms with E-state index in [0.29, 0.717) is 12.5 Å². The molecule has 0 spiro atoms. The van der Waals surface area contributed by atoms with E-state index < -0.39 is 4.30 Å². The minimum atomic E-state index is -0.750. The summed E-state index contributed by atoms with van der Waals surface area (Å²) >= 11 is 14.4. The predicted molar refractivity (Wildman–Crippen MR) is 52.8 cm³/mol. The summed E-state index contributed by atoms with van der Waals surface area (Å²) in [5, 5.41) is 0. The van der Waals surface area contributed by atoms with Crippen LogP contribution >= 0.6 is 34.8 Å². The summed E-state index contributed by atoms with van der Waals surface area (Å²) in [6.45, 7) is 5.96. The van der Waals surface area contributed by atoms with Crippen LogP contribution in [0.25, 0.3) is 0 Å². The molecule has 0 aromatic carbocycles. The van der Waals surface area contributed by atoms with Gasteiger partial charge in [0.2, 0.25) is 0 Å². The number of alkyl halides is 3. The molecule has 0 heterocycles. The van der Waals surface area contributed by atoms with Crippen LogP contribution in [-0.2, 0) is 9.53 Å². The van der Waals surface area contributed by atoms with Crippen molar-refractivity contribution in [3.8, 4) is 0 Å². The number of rotatable bonds is 2. The number of esters is 1. The highest BCUT2D eigenvalue weighted by atomic mass is 35.6. The maximum absolute atomic E-state index is 10.1. The first kappa shape index (κ1) is 14.8. The minimum Gasteiger partial charge on any atom is -0.466 e. The van der Waals surface area contributed by atoms with Crippen molar-refractivity contribution in [2.24, 2.45) is 5.92 Å². The van der Waals surface area contributed by atoms with Crippen molar-refractivity contribution in [3.05, 3.63) is 0 Å². The van der Waals surface area contributed by atoms with E-state index in [1.807, 2.05) is 13.8 Å². The second-order valence-electron chi connectivity index (χ2n) is 2.44. The van der Waals surface area contributed by atoms with E-state index in [1.165, 1.54) is 6.92 Å². The van der Waals surface area contributed by atoms with Crippen LogP contribution in [0.5, 0.6) is 0 Å². The smallest absolute Gasteiger partial charge is 0.302 e. The van der Waals surface area contributed by atoms with Gasteiger partial charge in [-0.2, -0.15) is 0 Å². The first-order valence-electron chi connectivity index (χ1n) is 3.41. The Morgan fingerprint density at radius 2 is 1.67 bits per heavy atom. The van der Waals surface area contributed by atoms with Gasteiger partial charge in [0.05, 0.1) is 6.61 Å². The molecule has 0 N–H and O–H groups in total. The van der Waals surface area contributed by atoms with Crippen LogP contribution in [0.4, 0.5) is 0 Å². The van der Waals surface area contributed by atoms with E-state index in [2.05, 4.69) is 4.74 Å². The summed E-state index contributed by atoms with van der Waals surface area (Å²) < 4.78 is 3.91. The first-order valence-corrected chi connectivity index (χ1v) is 4.72. The van der Waals surface area contributed by atoms with E-state index in [1.54, 1.807) is 0 Å². The number of hydrogen-bond acceptors (Lipinski definition) is 2. The molecule has 0 bridgehead atoms. The molecule has 0 aliphatic carbocycles. The third-order valence-electron chi connectivity index (χ3n) is 0.620. The molecule has 0 rings (SSSR count). The molecule has 0 radical (unpaired) electrons. The van der Waals surface area contributed by atoms with Crippen LogP contribution in [-0.4, -0.2) is 16.9 Å². The van der Waals surface area contributed by atoms with Crippen molar-refractivity contribution in [1.82, 2.24) is 0 Å². The maximum Gasteiger partial charge on any atom is 0.302 e. The Bertz CT molecular complexity index is 112. The molecule has 5 heteroatoms. The monoisotopic (exact) mass is 234 g/mol. The van der Waals surface area contributed by atoms with Crippen molar-refractivity contribution in [3.63, 3.8) is 0 Å². The van der Waals surface area contributed by atoms with Gasteiger partial charge in [-0.05, 0) is 5.92 Å². The molecule has 0 saturated carbocycles. The number of carbonyl (C=O) groups excluding carboxylic acids is 1. The number of halogens is 3. The third kappa shape index (κ3) is 31.6. The van der Waals surface area contributed by atoms with Gasteiger partial charge in [0.1, 0.15) is 0 Å². The molecule has 0 aliphatic rings. The zero-order chi connectivity index (χ0) is 10.1. The third-order valence-corrected chi connectivity index (χ3v) is 0.620. The number of carbonyl (C=O) groups is 1. The van der Waals surface area contributed by atoms with Crippen LogP contribution in [0.1, 0.15) is 20.8 Å². The summed E-state index contributed by atoms with van der Waals surface area (Å²) in [4.78, 5) is 10.1. The molecule has 0 aromatic heterocycles. The quantitative estimate of drug-likeness (QED) is 0.543. The molecule has 0 fully saturated rings. The molecule has 0 saturated heterocycles. The SMILES string of the molecule is CC(=O)OCC(C)C.ClC(Cl)Cl. The Hall–Kier alpha value is 0.340. The highest BCUT2D eigenvalue weighted by Gasteiger charge is 1.94. The van der Waals surface area contributed by atoms with E-state index in [9.17, 15) is 4.79 Å². The zero-order valence-corrected chi connectivity index (χ0v) is 9.58. The fourth-order valence-corrected chi connectivity index (χ4v) is 0.284. The minimum absolute atomic E-state index is 0.196. The van der Waals surface area contributed by atoms with E-state index in [0.717, 1.165) is 0 Å². The lowest BCUT2D eigenvalue weighted by atomic mass is 10.2. The topological polar surface area (TPSA) is 26.3 Å². The second kappa shape index (κ2) is 9.43. The van der Waals surface area contributed by atoms with Crippen molar-refractivity contribution >= 4 is 40.8 Å². The highest BCUT2D eigenvalue weighted by Crippen LogP contribution is 2.03. The van der Waals surface area contributed by atoms with Crippen molar-refractivity contribution < 1.29 is 9.53 Å². The molecule has 0 amide bonds. The molecular formula is C7H13Cl3O2. The van der Waals surface area contributed by atoms with Crippen molar-refractivity contribution in [1.29, 1.82) is 0 Å². The molecule has 0 aromatic rings. The van der Waals surface area contributed by atoms with Gasteiger partial charge in [0.25, 0.3) is 0 Å². The summed E-state index contributed by atoms with van der Waals surface area (Å²) in [6.07, 6.45) is 0. The number of hydrogen-bond donors (Lipinski definition) is 0. The summed E-state index contributed by atoms with van der Waals surface area (Å²) in [7, 11) is 0. The fraction of sp³-hybridized carbons (Fsp3) is 0.857. The Morgan fingerprint density at radius 3 is 1.75 bits per heavy atom. The second-order valence-corrected chi connectivity index (χ2v) is 4.42. The fourth-order valence-electron chi connectivity index (χ4n) is 0.284. The van der Waals surface area contributed by atoms with Gasteiger partial charge in [-0.3, -0.25) is 4.79 Å². The molecule has 0 atom stereocenters. The molecule has 74 valence electrons. The lowest BCUT2D eigenvalue weighted by molar-refractivity contribution is -0.141. The van der Waals surface area contributed by atoms with Gasteiger partial charge < -0.3 is 4.74 Å². The van der Waals surface area contributed by atoms with Crippen LogP contribution in [0.3, 0.4) is 0 Å². The van der Waals surface area contributed by atoms with Gasteiger partial charge in [-0.1, -0.05) is 48.7 Å². The first-order chi connectivity index (χ1) is 5.36. The molecule has 0 aliphatic heterocycles. The van der Waals surface area contributed by atoms with Crippen LogP contribution in [0.2, 0.25) is 0 Å². The van der Waals surface area contributed by atoms with E-state index in [4.69, 9.17) is 34.8 Å². The lowest BCUT2D eigenvalue weighted by Gasteiger charge is -2.02. The van der Waals surface area contributed by atoms with E-state index in [-0.39, 0.29) is 5.97 Å². The van der Waals surface area contributed by atoms with Crippen LogP contribution in [0.15, 0.2) is 0 Å². The van der Waals surface area contributed by atoms with Gasteiger partial charge in [-0.15, -0.1) is 0 Å². The molecule has 12 heavy (non-hydrogen) atoms. The Morgan fingerprint density at radius 1 is 1.33 bits per heavy atom. The average molecular weight is 236 g/mol. The van der Waals surface area contributed by atoms with Crippen LogP contribution < -0.4 is 0 Å². The molecular weight excluding hydrogens is 222 g/mol. The Labute approximate surface area is 88.1 Å². The molecule has 2 nitrogen and oxygen atoms in total. The zero-order valence-electron chi connectivity index (χ0n) is 7.31. The maximum atomic E-state index is 10.1. The Kier molecular flexibility index (Phi) is 11.7. The van der Waals surface area contributed by atoms with Gasteiger partial charge in [0.15, 0.2) is 4.30 Å². The van der Waals surface area contributed by atoms with Crippen molar-refractivity contribution in [2.75, 3.05) is 6.61 Å². The lowest BCUT2D eigenvalue weighted by Crippen LogP contribution is -2.05. The van der Waals surface area contributed by atoms with Crippen molar-refractivity contribution in [2.45, 2.75) is 25.1 Å². The van der Waals surface area contributed by atoms with E-state index >= 15 is 0 Å². The summed E-state index contributed by atoms with van der Waals surface area (Å²) in [5.41, 5.74) is 0. The largest absolute Gasteiger partial charge is 0.466 e. The van der Waals surface area contributed by atoms with Crippen LogP contribution in [0, 0.1) is 5.92 Å². The highest BCUT2D eigenvalue weighted by molar-refractivity contribution is 6.63. The normalized spacial score (nSPS) is 9.33.